The highest BCUT2D eigenvalue weighted by molar-refractivity contribution is 5.85. The van der Waals surface area contributed by atoms with Crippen LogP contribution in [0.1, 0.15) is 12.1 Å². The highest BCUT2D eigenvalue weighted by Crippen LogP contribution is 1.92. The number of carbonyl (C=O) groups is 2. The van der Waals surface area contributed by atoms with Gasteiger partial charge in [0, 0.05) is 6.20 Å². The molecule has 1 aromatic rings. The number of amides is 1. The topological polar surface area (TPSA) is 121 Å². The van der Waals surface area contributed by atoms with E-state index in [2.05, 4.69) is 15.5 Å². The van der Waals surface area contributed by atoms with E-state index in [-0.39, 0.29) is 13.0 Å². The number of aliphatic carboxylic acids is 1. The van der Waals surface area contributed by atoms with E-state index >= 15 is 0 Å². The summed E-state index contributed by atoms with van der Waals surface area (Å²) < 4.78 is 0. The zero-order valence-corrected chi connectivity index (χ0v) is 7.93. The molecule has 15 heavy (non-hydrogen) atoms. The molecule has 1 rings (SSSR count). The van der Waals surface area contributed by atoms with Crippen molar-refractivity contribution in [3.8, 4) is 0 Å². The second-order valence-electron chi connectivity index (χ2n) is 3.00. The minimum atomic E-state index is -1.10. The van der Waals surface area contributed by atoms with E-state index in [9.17, 15) is 9.59 Å². The maximum absolute atomic E-state index is 11.2. The number of aromatic nitrogens is 2. The van der Waals surface area contributed by atoms with E-state index in [0.717, 1.165) is 5.69 Å². The van der Waals surface area contributed by atoms with E-state index in [0.29, 0.717) is 0 Å². The molecule has 1 heterocycles. The minimum Gasteiger partial charge on any atom is -0.481 e. The Morgan fingerprint density at radius 2 is 2.40 bits per heavy atom. The van der Waals surface area contributed by atoms with Crippen LogP contribution in [0.2, 0.25) is 0 Å². The summed E-state index contributed by atoms with van der Waals surface area (Å²) in [6, 6.07) is 0.675. The van der Waals surface area contributed by atoms with Gasteiger partial charge >= 0.3 is 5.97 Å². The quantitative estimate of drug-likeness (QED) is 0.490. The third kappa shape index (κ3) is 3.77. The van der Waals surface area contributed by atoms with Crippen molar-refractivity contribution in [3.05, 3.63) is 18.0 Å². The lowest BCUT2D eigenvalue weighted by Crippen LogP contribution is -2.41. The lowest BCUT2D eigenvalue weighted by molar-refractivity contribution is -0.139. The van der Waals surface area contributed by atoms with Gasteiger partial charge in [0.15, 0.2) is 0 Å². The third-order valence-corrected chi connectivity index (χ3v) is 1.74. The highest BCUT2D eigenvalue weighted by Gasteiger charge is 2.16. The maximum Gasteiger partial charge on any atom is 0.305 e. The van der Waals surface area contributed by atoms with Gasteiger partial charge in [0.25, 0.3) is 0 Å². The van der Waals surface area contributed by atoms with Crippen molar-refractivity contribution in [2.75, 3.05) is 0 Å². The fourth-order valence-electron chi connectivity index (χ4n) is 0.977. The van der Waals surface area contributed by atoms with E-state index in [1.807, 2.05) is 0 Å². The predicted molar refractivity (Wildman–Crippen MR) is 50.7 cm³/mol. The van der Waals surface area contributed by atoms with Crippen LogP contribution in [-0.2, 0) is 16.1 Å². The molecule has 7 heteroatoms. The monoisotopic (exact) mass is 212 g/mol. The molecule has 0 saturated heterocycles. The van der Waals surface area contributed by atoms with Gasteiger partial charge in [-0.15, -0.1) is 0 Å². The van der Waals surface area contributed by atoms with Gasteiger partial charge in [-0.25, -0.2) is 0 Å². The lowest BCUT2D eigenvalue weighted by Gasteiger charge is -2.08. The Morgan fingerprint density at radius 1 is 1.67 bits per heavy atom. The summed E-state index contributed by atoms with van der Waals surface area (Å²) >= 11 is 0. The maximum atomic E-state index is 11.2. The summed E-state index contributed by atoms with van der Waals surface area (Å²) in [4.78, 5) is 21.5. The first-order valence-electron chi connectivity index (χ1n) is 4.33. The first-order valence-corrected chi connectivity index (χ1v) is 4.33. The zero-order valence-electron chi connectivity index (χ0n) is 7.93. The van der Waals surface area contributed by atoms with Crippen LogP contribution in [0.15, 0.2) is 12.3 Å². The number of nitrogens with zero attached hydrogens (tertiary/aromatic N) is 1. The highest BCUT2D eigenvalue weighted by atomic mass is 16.4. The van der Waals surface area contributed by atoms with Crippen molar-refractivity contribution in [1.82, 2.24) is 15.5 Å². The summed E-state index contributed by atoms with van der Waals surface area (Å²) in [6.07, 6.45) is 1.17. The fourth-order valence-corrected chi connectivity index (χ4v) is 0.977. The molecule has 1 aromatic heterocycles. The Labute approximate surface area is 85.7 Å². The van der Waals surface area contributed by atoms with Crippen LogP contribution < -0.4 is 11.1 Å². The van der Waals surface area contributed by atoms with Crippen molar-refractivity contribution in [2.45, 2.75) is 19.0 Å². The number of aromatic amines is 1. The van der Waals surface area contributed by atoms with E-state index in [1.54, 1.807) is 12.3 Å². The molecule has 0 aliphatic heterocycles. The summed E-state index contributed by atoms with van der Waals surface area (Å²) in [5, 5.41) is 17.2. The predicted octanol–water partition coefficient (Wildman–Crippen LogP) is -1.17. The number of nitrogens with two attached hydrogens (primary N) is 1. The average Bonchev–Trinajstić information content (AvgIpc) is 2.65. The van der Waals surface area contributed by atoms with Crippen LogP contribution in [0.5, 0.6) is 0 Å². The van der Waals surface area contributed by atoms with Crippen LogP contribution >= 0.6 is 0 Å². The van der Waals surface area contributed by atoms with Gasteiger partial charge in [0.1, 0.15) is 0 Å². The van der Waals surface area contributed by atoms with E-state index in [4.69, 9.17) is 10.8 Å². The molecule has 0 aliphatic carbocycles. The fraction of sp³-hybridized carbons (Fsp3) is 0.375. The summed E-state index contributed by atoms with van der Waals surface area (Å²) in [7, 11) is 0. The molecule has 0 bridgehead atoms. The summed E-state index contributed by atoms with van der Waals surface area (Å²) in [6.45, 7) is 0.256. The van der Waals surface area contributed by atoms with Gasteiger partial charge in [-0.1, -0.05) is 0 Å². The second-order valence-corrected chi connectivity index (χ2v) is 3.00. The molecule has 1 unspecified atom stereocenters. The molecule has 0 fully saturated rings. The number of H-pyrrole nitrogens is 1. The van der Waals surface area contributed by atoms with Crippen LogP contribution in [-0.4, -0.2) is 33.2 Å². The molecule has 0 aliphatic rings. The molecular weight excluding hydrogens is 200 g/mol. The van der Waals surface area contributed by atoms with E-state index in [1.165, 1.54) is 0 Å². The number of carboxylic acid groups (broad SMARTS) is 1. The smallest absolute Gasteiger partial charge is 0.305 e. The Bertz CT molecular complexity index is 336. The first kappa shape index (κ1) is 11.2. The zero-order chi connectivity index (χ0) is 11.3. The molecule has 7 nitrogen and oxygen atoms in total. The van der Waals surface area contributed by atoms with Crippen LogP contribution in [0.25, 0.3) is 0 Å². The Morgan fingerprint density at radius 3 is 2.93 bits per heavy atom. The number of hydrogen-bond donors (Lipinski definition) is 4. The van der Waals surface area contributed by atoms with Crippen molar-refractivity contribution in [3.63, 3.8) is 0 Å². The normalized spacial score (nSPS) is 12.1. The number of nitrogens with one attached hydrogen (secondary N) is 2. The third-order valence-electron chi connectivity index (χ3n) is 1.74. The van der Waals surface area contributed by atoms with Gasteiger partial charge in [-0.3, -0.25) is 14.7 Å². The second kappa shape index (κ2) is 5.11. The summed E-state index contributed by atoms with van der Waals surface area (Å²) in [5.41, 5.74) is 6.07. The van der Waals surface area contributed by atoms with Crippen LogP contribution in [0.3, 0.4) is 0 Å². The molecule has 5 N–H and O–H groups in total. The minimum absolute atomic E-state index is 0.256. The molecule has 1 amide bonds. The number of hydrogen-bond acceptors (Lipinski definition) is 4. The van der Waals surface area contributed by atoms with Gasteiger partial charge < -0.3 is 16.2 Å². The van der Waals surface area contributed by atoms with Crippen molar-refractivity contribution in [2.24, 2.45) is 5.73 Å². The van der Waals surface area contributed by atoms with Crippen LogP contribution in [0, 0.1) is 0 Å². The first-order chi connectivity index (χ1) is 7.09. The summed E-state index contributed by atoms with van der Waals surface area (Å²) in [5.74, 6) is -1.59. The Kier molecular flexibility index (Phi) is 3.81. The van der Waals surface area contributed by atoms with Gasteiger partial charge in [-0.05, 0) is 6.07 Å². The van der Waals surface area contributed by atoms with Crippen molar-refractivity contribution in [1.29, 1.82) is 0 Å². The van der Waals surface area contributed by atoms with Gasteiger partial charge in [0.2, 0.25) is 5.91 Å². The number of carboxylic acids is 1. The molecule has 0 saturated carbocycles. The standard InChI is InChI=1S/C8H12N4O3/c9-6(3-7(13)14)8(15)10-4-5-1-2-11-12-5/h1-2,6H,3-4,9H2,(H,10,15)(H,11,12)(H,13,14). The average molecular weight is 212 g/mol. The Hall–Kier alpha value is -1.89. The molecule has 82 valence electrons. The molecule has 0 aromatic carbocycles. The Balaban J connectivity index is 2.32. The van der Waals surface area contributed by atoms with Gasteiger partial charge in [-0.2, -0.15) is 5.10 Å². The molecule has 0 spiro atoms. The van der Waals surface area contributed by atoms with E-state index < -0.39 is 17.9 Å². The molecular formula is C8H12N4O3. The van der Waals surface area contributed by atoms with Crippen molar-refractivity contribution >= 4 is 11.9 Å². The lowest BCUT2D eigenvalue weighted by atomic mass is 10.2. The SMILES string of the molecule is NC(CC(=O)O)C(=O)NCc1ccn[nH]1. The molecule has 0 radical (unpaired) electrons. The van der Waals surface area contributed by atoms with Crippen molar-refractivity contribution < 1.29 is 14.7 Å². The van der Waals surface area contributed by atoms with Crippen LogP contribution in [0.4, 0.5) is 0 Å². The largest absolute Gasteiger partial charge is 0.481 e. The molecule has 1 atom stereocenters. The number of rotatable bonds is 5. The van der Waals surface area contributed by atoms with Gasteiger partial charge in [0.05, 0.1) is 24.7 Å². The number of carbonyl (C=O) groups excluding carboxylic acids is 1.